The number of alkyl halides is 2. The van der Waals surface area contributed by atoms with Gasteiger partial charge in [0.2, 0.25) is 11.7 Å². The zero-order valence-electron chi connectivity index (χ0n) is 16.6. The van der Waals surface area contributed by atoms with Crippen LogP contribution < -0.4 is 15.0 Å². The van der Waals surface area contributed by atoms with E-state index in [0.717, 1.165) is 7.11 Å². The lowest BCUT2D eigenvalue weighted by molar-refractivity contribution is -0.192. The van der Waals surface area contributed by atoms with Gasteiger partial charge in [-0.05, 0) is 6.07 Å². The molecular formula is C19H10F8N2O5. The molecule has 1 aliphatic heterocycles. The molecular weight excluding hydrogens is 488 g/mol. The van der Waals surface area contributed by atoms with Crippen molar-refractivity contribution in [1.29, 1.82) is 0 Å². The average molecular weight is 498 g/mol. The molecule has 2 aromatic rings. The third-order valence-corrected chi connectivity index (χ3v) is 4.51. The second kappa shape index (κ2) is 8.79. The number of hydrogen-bond donors (Lipinski definition) is 1. The van der Waals surface area contributed by atoms with Crippen LogP contribution in [0.15, 0.2) is 12.1 Å². The van der Waals surface area contributed by atoms with E-state index in [9.17, 15) is 49.5 Å². The van der Waals surface area contributed by atoms with Gasteiger partial charge in [-0.2, -0.15) is 8.78 Å². The number of fused-ring (bicyclic) bond motifs is 1. The molecule has 15 heteroatoms. The molecule has 0 saturated heterocycles. The van der Waals surface area contributed by atoms with Gasteiger partial charge in [0.1, 0.15) is 18.9 Å². The summed E-state index contributed by atoms with van der Waals surface area (Å²) in [7, 11) is 0.978. The summed E-state index contributed by atoms with van der Waals surface area (Å²) in [4.78, 5) is 35.3. The fraction of sp³-hybridized carbons (Fsp3) is 0.211. The van der Waals surface area contributed by atoms with Crippen LogP contribution in [-0.2, 0) is 19.1 Å². The number of nitrogens with zero attached hydrogens (tertiary/aromatic N) is 1. The number of benzene rings is 2. The normalized spacial score (nSPS) is 14.4. The average Bonchev–Trinajstić information content (AvgIpc) is 2.78. The van der Waals surface area contributed by atoms with Crippen LogP contribution >= 0.6 is 0 Å². The number of rotatable bonds is 5. The number of amides is 2. The van der Waals surface area contributed by atoms with Crippen LogP contribution in [0.2, 0.25) is 0 Å². The molecule has 0 radical (unpaired) electrons. The lowest BCUT2D eigenvalue weighted by atomic mass is 10.0. The highest BCUT2D eigenvalue weighted by Crippen LogP contribution is 2.44. The zero-order chi connectivity index (χ0) is 25.5. The molecule has 0 aromatic heterocycles. The number of methoxy groups -OCH3 is 1. The molecule has 7 nitrogen and oxygen atoms in total. The van der Waals surface area contributed by atoms with Gasteiger partial charge < -0.3 is 14.8 Å². The molecule has 2 aromatic carbocycles. The minimum Gasteiger partial charge on any atom is -0.468 e. The minimum absolute atomic E-state index is 0.0143. The Hall–Kier alpha value is -3.91. The molecule has 0 saturated carbocycles. The van der Waals surface area contributed by atoms with Crippen LogP contribution in [0.4, 0.5) is 40.8 Å². The molecule has 1 heterocycles. The van der Waals surface area contributed by atoms with E-state index in [2.05, 4.69) is 9.47 Å². The van der Waals surface area contributed by atoms with Crippen molar-refractivity contribution >= 4 is 23.5 Å². The number of esters is 1. The van der Waals surface area contributed by atoms with Gasteiger partial charge in [-0.25, -0.2) is 26.3 Å². The smallest absolute Gasteiger partial charge is 0.468 e. The van der Waals surface area contributed by atoms with E-state index in [1.165, 1.54) is 0 Å². The third-order valence-electron chi connectivity index (χ3n) is 4.51. The summed E-state index contributed by atoms with van der Waals surface area (Å²) in [6, 6.07) is 0.409. The molecule has 0 atom stereocenters. The molecule has 182 valence electrons. The monoisotopic (exact) mass is 498 g/mol. The first-order chi connectivity index (χ1) is 15.8. The van der Waals surface area contributed by atoms with E-state index in [0.29, 0.717) is 6.07 Å². The Morgan fingerprint density at radius 2 is 1.56 bits per heavy atom. The number of anilines is 1. The Balaban J connectivity index is 2.14. The van der Waals surface area contributed by atoms with Crippen molar-refractivity contribution in [3.8, 4) is 16.9 Å². The van der Waals surface area contributed by atoms with Gasteiger partial charge in [0.15, 0.2) is 29.0 Å². The summed E-state index contributed by atoms with van der Waals surface area (Å²) in [5.74, 6) is -19.4. The molecule has 1 N–H and O–H groups in total. The molecule has 0 fully saturated rings. The standard InChI is InChI=1S/C19H10F8N2O5/c1-33-11(31)4-28-10(30)5-29-8-2-6(7(20)3-9(8)34-19(26,27)18(29)32)12-13(21)15(23)17(25)16(24)14(12)22/h2-3H,4-5H2,1H3,(H,28,30). The zero-order valence-corrected chi connectivity index (χ0v) is 16.6. The highest BCUT2D eigenvalue weighted by Gasteiger charge is 2.51. The van der Waals surface area contributed by atoms with Gasteiger partial charge in [0.25, 0.3) is 0 Å². The maximum absolute atomic E-state index is 14.5. The Morgan fingerprint density at radius 3 is 2.12 bits per heavy atom. The Labute approximate surface area is 183 Å². The van der Waals surface area contributed by atoms with E-state index in [4.69, 9.17) is 0 Å². The van der Waals surface area contributed by atoms with Gasteiger partial charge in [0.05, 0.1) is 18.4 Å². The van der Waals surface area contributed by atoms with Crippen LogP contribution in [0.1, 0.15) is 0 Å². The first-order valence-corrected chi connectivity index (χ1v) is 8.87. The molecule has 2 amide bonds. The summed E-state index contributed by atoms with van der Waals surface area (Å²) in [6.07, 6.45) is -4.62. The SMILES string of the molecule is COC(=O)CNC(=O)CN1C(=O)C(F)(F)Oc2cc(F)c(-c3c(F)c(F)c(F)c(F)c3F)cc21. The molecule has 0 aliphatic carbocycles. The van der Waals surface area contributed by atoms with E-state index >= 15 is 0 Å². The van der Waals surface area contributed by atoms with Crippen molar-refractivity contribution in [2.24, 2.45) is 0 Å². The summed E-state index contributed by atoms with van der Waals surface area (Å²) in [5.41, 5.74) is -3.92. The summed E-state index contributed by atoms with van der Waals surface area (Å²) >= 11 is 0. The van der Waals surface area contributed by atoms with Gasteiger partial charge in [-0.1, -0.05) is 0 Å². The lowest BCUT2D eigenvalue weighted by Crippen LogP contribution is -2.53. The highest BCUT2D eigenvalue weighted by molar-refractivity contribution is 6.05. The number of halogens is 8. The van der Waals surface area contributed by atoms with E-state index in [1.807, 2.05) is 5.32 Å². The quantitative estimate of drug-likeness (QED) is 0.297. The first kappa shape index (κ1) is 24.7. The lowest BCUT2D eigenvalue weighted by Gasteiger charge is -2.33. The number of hydrogen-bond acceptors (Lipinski definition) is 5. The molecule has 0 unspecified atom stereocenters. The van der Waals surface area contributed by atoms with Crippen LogP contribution in [-0.4, -0.2) is 44.1 Å². The van der Waals surface area contributed by atoms with Crippen LogP contribution in [0.25, 0.3) is 11.1 Å². The number of carbonyl (C=O) groups excluding carboxylic acids is 3. The topological polar surface area (TPSA) is 84.9 Å². The van der Waals surface area contributed by atoms with Gasteiger partial charge in [0, 0.05) is 11.6 Å². The molecule has 3 rings (SSSR count). The maximum Gasteiger partial charge on any atom is 0.482 e. The maximum atomic E-state index is 14.5. The molecule has 34 heavy (non-hydrogen) atoms. The van der Waals surface area contributed by atoms with Crippen LogP contribution in [0, 0.1) is 34.9 Å². The Morgan fingerprint density at radius 1 is 1.00 bits per heavy atom. The second-order valence-corrected chi connectivity index (χ2v) is 6.61. The van der Waals surface area contributed by atoms with Crippen molar-refractivity contribution in [2.45, 2.75) is 6.11 Å². The van der Waals surface area contributed by atoms with Crippen LogP contribution in [0.5, 0.6) is 5.75 Å². The summed E-state index contributed by atoms with van der Waals surface area (Å²) in [6.45, 7) is -1.96. The Bertz CT molecular complexity index is 1190. The fourth-order valence-electron chi connectivity index (χ4n) is 2.92. The summed E-state index contributed by atoms with van der Waals surface area (Å²) in [5, 5.41) is 1.93. The predicted molar refractivity (Wildman–Crippen MR) is 94.6 cm³/mol. The van der Waals surface area contributed by atoms with Crippen molar-refractivity contribution in [1.82, 2.24) is 5.32 Å². The van der Waals surface area contributed by atoms with Gasteiger partial charge >= 0.3 is 18.0 Å². The largest absolute Gasteiger partial charge is 0.482 e. The molecule has 0 bridgehead atoms. The number of carbonyl (C=O) groups is 3. The Kier molecular flexibility index (Phi) is 6.40. The highest BCUT2D eigenvalue weighted by atomic mass is 19.3. The third kappa shape index (κ3) is 4.20. The van der Waals surface area contributed by atoms with Gasteiger partial charge in [-0.3, -0.25) is 19.3 Å². The number of ether oxygens (including phenoxy) is 2. The molecule has 0 spiro atoms. The van der Waals surface area contributed by atoms with Crippen LogP contribution in [0.3, 0.4) is 0 Å². The second-order valence-electron chi connectivity index (χ2n) is 6.61. The van der Waals surface area contributed by atoms with E-state index in [-0.39, 0.29) is 11.0 Å². The van der Waals surface area contributed by atoms with Crippen molar-refractivity contribution in [3.63, 3.8) is 0 Å². The number of nitrogens with one attached hydrogen (secondary N) is 1. The minimum atomic E-state index is -4.62. The predicted octanol–water partition coefficient (Wildman–Crippen LogP) is 2.80. The van der Waals surface area contributed by atoms with E-state index < -0.39 is 94.4 Å². The molecule has 1 aliphatic rings. The summed E-state index contributed by atoms with van der Waals surface area (Å²) < 4.78 is 120. The van der Waals surface area contributed by atoms with E-state index in [1.54, 1.807) is 0 Å². The first-order valence-electron chi connectivity index (χ1n) is 8.87. The van der Waals surface area contributed by atoms with Crippen molar-refractivity contribution < 1.29 is 59.0 Å². The van der Waals surface area contributed by atoms with Gasteiger partial charge in [-0.15, -0.1) is 0 Å². The van der Waals surface area contributed by atoms with Crippen molar-refractivity contribution in [2.75, 3.05) is 25.1 Å². The fourth-order valence-corrected chi connectivity index (χ4v) is 2.92. The van der Waals surface area contributed by atoms with Crippen molar-refractivity contribution in [3.05, 3.63) is 47.0 Å².